The summed E-state index contributed by atoms with van der Waals surface area (Å²) in [7, 11) is -1.41. The monoisotopic (exact) mass is 383 g/mol. The van der Waals surface area contributed by atoms with Crippen LogP contribution in [0.15, 0.2) is 66.9 Å². The first kappa shape index (κ1) is 18.9. The lowest BCUT2D eigenvalue weighted by Crippen LogP contribution is -2.40. The highest BCUT2D eigenvalue weighted by molar-refractivity contribution is 6.89. The summed E-state index contributed by atoms with van der Waals surface area (Å²) in [6.07, 6.45) is 3.27. The third-order valence-electron chi connectivity index (χ3n) is 5.47. The lowest BCUT2D eigenvalue weighted by Gasteiger charge is -2.22. The molecule has 0 amide bonds. The van der Waals surface area contributed by atoms with E-state index < -0.39 is 8.07 Å². The average molecular weight is 384 g/mol. The minimum atomic E-state index is -1.41. The highest BCUT2D eigenvalue weighted by atomic mass is 28.3. The SMILES string of the molecule is CC(C)Cc1cc(-c2ccc3c(ccc4ccccc43)c2)ncc1[Si](C)(C)C. The summed E-state index contributed by atoms with van der Waals surface area (Å²) in [5, 5.41) is 6.69. The third-order valence-corrected chi connectivity index (χ3v) is 7.53. The maximum Gasteiger partial charge on any atom is 0.0799 e. The van der Waals surface area contributed by atoms with E-state index in [2.05, 4.69) is 100 Å². The van der Waals surface area contributed by atoms with Gasteiger partial charge in [0.1, 0.15) is 0 Å². The Balaban J connectivity index is 1.84. The molecule has 0 fully saturated rings. The second-order valence-corrected chi connectivity index (χ2v) is 14.3. The van der Waals surface area contributed by atoms with Crippen molar-refractivity contribution >= 4 is 34.8 Å². The zero-order chi connectivity index (χ0) is 19.9. The van der Waals surface area contributed by atoms with Crippen LogP contribution in [0.5, 0.6) is 0 Å². The molecule has 4 rings (SSSR count). The molecule has 0 radical (unpaired) electrons. The number of pyridine rings is 1. The van der Waals surface area contributed by atoms with Crippen LogP contribution < -0.4 is 5.19 Å². The fourth-order valence-electron chi connectivity index (χ4n) is 4.11. The van der Waals surface area contributed by atoms with Gasteiger partial charge in [-0.25, -0.2) is 0 Å². The van der Waals surface area contributed by atoms with Crippen molar-refractivity contribution in [2.45, 2.75) is 39.9 Å². The van der Waals surface area contributed by atoms with Gasteiger partial charge in [0.2, 0.25) is 0 Å². The number of nitrogens with zero attached hydrogens (tertiary/aromatic N) is 1. The van der Waals surface area contributed by atoms with E-state index in [1.165, 1.54) is 37.9 Å². The number of fused-ring (bicyclic) bond motifs is 3. The van der Waals surface area contributed by atoms with Crippen molar-refractivity contribution in [3.8, 4) is 11.3 Å². The van der Waals surface area contributed by atoms with Gasteiger partial charge in [-0.3, -0.25) is 4.98 Å². The van der Waals surface area contributed by atoms with E-state index in [4.69, 9.17) is 4.98 Å². The summed E-state index contributed by atoms with van der Waals surface area (Å²) in [6.45, 7) is 11.8. The van der Waals surface area contributed by atoms with Gasteiger partial charge in [0.25, 0.3) is 0 Å². The Bertz CT molecular complexity index is 1150. The average Bonchev–Trinajstić information content (AvgIpc) is 2.66. The van der Waals surface area contributed by atoms with Crippen LogP contribution in [-0.2, 0) is 6.42 Å². The summed E-state index contributed by atoms with van der Waals surface area (Å²) in [5.41, 5.74) is 3.78. The molecule has 0 spiro atoms. The molecular formula is C26H29NSi. The fraction of sp³-hybridized carbons (Fsp3) is 0.269. The first-order chi connectivity index (χ1) is 13.3. The number of hydrogen-bond acceptors (Lipinski definition) is 1. The molecule has 142 valence electrons. The normalized spacial score (nSPS) is 12.2. The Morgan fingerprint density at radius 3 is 2.29 bits per heavy atom. The smallest absolute Gasteiger partial charge is 0.0799 e. The number of benzene rings is 3. The predicted molar refractivity (Wildman–Crippen MR) is 126 cm³/mol. The first-order valence-electron chi connectivity index (χ1n) is 10.2. The highest BCUT2D eigenvalue weighted by Gasteiger charge is 2.21. The zero-order valence-electron chi connectivity index (χ0n) is 17.6. The Hall–Kier alpha value is -2.45. The molecule has 2 heteroatoms. The van der Waals surface area contributed by atoms with Crippen molar-refractivity contribution in [1.29, 1.82) is 0 Å². The van der Waals surface area contributed by atoms with Crippen LogP contribution in [0, 0.1) is 5.92 Å². The summed E-state index contributed by atoms with van der Waals surface area (Å²) in [5.74, 6) is 0.647. The van der Waals surface area contributed by atoms with Crippen molar-refractivity contribution in [2.75, 3.05) is 0 Å². The molecule has 0 N–H and O–H groups in total. The highest BCUT2D eigenvalue weighted by Crippen LogP contribution is 2.29. The molecule has 1 aromatic heterocycles. The van der Waals surface area contributed by atoms with Crippen LogP contribution in [0.3, 0.4) is 0 Å². The van der Waals surface area contributed by atoms with Gasteiger partial charge < -0.3 is 0 Å². The van der Waals surface area contributed by atoms with Gasteiger partial charge in [0.05, 0.1) is 13.8 Å². The van der Waals surface area contributed by atoms with Gasteiger partial charge >= 0.3 is 0 Å². The van der Waals surface area contributed by atoms with Crippen LogP contribution in [0.25, 0.3) is 32.8 Å². The molecule has 0 aliphatic carbocycles. The Kier molecular flexibility index (Phi) is 4.84. The quantitative estimate of drug-likeness (QED) is 0.279. The van der Waals surface area contributed by atoms with Gasteiger partial charge in [-0.05, 0) is 56.8 Å². The molecule has 3 aromatic carbocycles. The van der Waals surface area contributed by atoms with E-state index in [1.807, 2.05) is 0 Å². The molecular weight excluding hydrogens is 354 g/mol. The number of aromatic nitrogens is 1. The topological polar surface area (TPSA) is 12.9 Å². The molecule has 0 atom stereocenters. The zero-order valence-corrected chi connectivity index (χ0v) is 18.6. The maximum atomic E-state index is 4.89. The van der Waals surface area contributed by atoms with Gasteiger partial charge in [0.15, 0.2) is 0 Å². The van der Waals surface area contributed by atoms with Crippen LogP contribution in [0.2, 0.25) is 19.6 Å². The minimum absolute atomic E-state index is 0.647. The molecule has 1 heterocycles. The van der Waals surface area contributed by atoms with Crippen molar-refractivity contribution in [3.05, 3.63) is 72.4 Å². The van der Waals surface area contributed by atoms with Gasteiger partial charge in [0, 0.05) is 11.8 Å². The molecule has 4 aromatic rings. The van der Waals surface area contributed by atoms with Crippen molar-refractivity contribution in [1.82, 2.24) is 4.98 Å². The lowest BCUT2D eigenvalue weighted by molar-refractivity contribution is 0.649. The fourth-order valence-corrected chi connectivity index (χ4v) is 5.70. The van der Waals surface area contributed by atoms with Crippen LogP contribution in [0.1, 0.15) is 19.4 Å². The second-order valence-electron chi connectivity index (χ2n) is 9.30. The third kappa shape index (κ3) is 3.61. The molecule has 1 nitrogen and oxygen atoms in total. The predicted octanol–water partition coefficient (Wildman–Crippen LogP) is 6.80. The second kappa shape index (κ2) is 7.18. The number of hydrogen-bond donors (Lipinski definition) is 0. The Morgan fingerprint density at radius 2 is 1.54 bits per heavy atom. The van der Waals surface area contributed by atoms with E-state index in [0.717, 1.165) is 12.1 Å². The van der Waals surface area contributed by atoms with E-state index in [-0.39, 0.29) is 0 Å². The largest absolute Gasteiger partial charge is 0.256 e. The van der Waals surface area contributed by atoms with E-state index in [1.54, 1.807) is 0 Å². The first-order valence-corrected chi connectivity index (χ1v) is 13.7. The summed E-state index contributed by atoms with van der Waals surface area (Å²) in [6, 6.07) is 22.2. The number of rotatable bonds is 4. The molecule has 0 bridgehead atoms. The van der Waals surface area contributed by atoms with Crippen LogP contribution >= 0.6 is 0 Å². The van der Waals surface area contributed by atoms with Crippen molar-refractivity contribution in [2.24, 2.45) is 5.92 Å². The van der Waals surface area contributed by atoms with E-state index >= 15 is 0 Å². The van der Waals surface area contributed by atoms with Crippen LogP contribution in [-0.4, -0.2) is 13.1 Å². The van der Waals surface area contributed by atoms with Gasteiger partial charge in [-0.15, -0.1) is 0 Å². The Morgan fingerprint density at radius 1 is 0.821 bits per heavy atom. The minimum Gasteiger partial charge on any atom is -0.256 e. The standard InChI is InChI=1S/C26H29NSi/c1-18(2)14-22-16-25(27-17-26(22)28(3,4)5)21-12-13-24-20(15-21)11-10-19-8-6-7-9-23(19)24/h6-13,15-18H,14H2,1-5H3. The van der Waals surface area contributed by atoms with Crippen LogP contribution in [0.4, 0.5) is 0 Å². The summed E-state index contributed by atoms with van der Waals surface area (Å²) in [4.78, 5) is 4.89. The van der Waals surface area contributed by atoms with Gasteiger partial charge in [-0.1, -0.05) is 82.0 Å². The summed E-state index contributed by atoms with van der Waals surface area (Å²) >= 11 is 0. The molecule has 0 saturated heterocycles. The van der Waals surface area contributed by atoms with Crippen molar-refractivity contribution in [3.63, 3.8) is 0 Å². The molecule has 0 aliphatic rings. The van der Waals surface area contributed by atoms with E-state index in [0.29, 0.717) is 5.92 Å². The van der Waals surface area contributed by atoms with E-state index in [9.17, 15) is 0 Å². The van der Waals surface area contributed by atoms with Crippen molar-refractivity contribution < 1.29 is 0 Å². The molecule has 28 heavy (non-hydrogen) atoms. The van der Waals surface area contributed by atoms with Gasteiger partial charge in [-0.2, -0.15) is 0 Å². The Labute approximate surface area is 169 Å². The summed E-state index contributed by atoms with van der Waals surface area (Å²) < 4.78 is 0. The lowest BCUT2D eigenvalue weighted by atomic mass is 9.97. The molecule has 0 unspecified atom stereocenters. The molecule has 0 aliphatic heterocycles. The maximum absolute atomic E-state index is 4.89. The molecule has 0 saturated carbocycles.